The molecular formula is C24H20N4O5. The molecule has 2 N–H and O–H groups in total. The molecule has 4 rings (SSSR count). The first-order valence-corrected chi connectivity index (χ1v) is 10.0. The van der Waals surface area contributed by atoms with E-state index in [9.17, 15) is 14.4 Å². The Hall–Kier alpha value is -4.53. The Kier molecular flexibility index (Phi) is 6.12. The molecular weight excluding hydrogens is 424 g/mol. The Balaban J connectivity index is 1.79. The van der Waals surface area contributed by atoms with E-state index in [2.05, 4.69) is 20.3 Å². The maximum absolute atomic E-state index is 12.5. The number of benzene rings is 2. The fraction of sp³-hybridized carbons (Fsp3) is 0.125. The molecule has 0 fully saturated rings. The number of methoxy groups -OCH3 is 1. The molecule has 0 bridgehead atoms. The van der Waals surface area contributed by atoms with Crippen molar-refractivity contribution in [2.75, 3.05) is 12.4 Å². The fourth-order valence-electron chi connectivity index (χ4n) is 3.41. The summed E-state index contributed by atoms with van der Waals surface area (Å²) in [5.41, 5.74) is 2.39. The van der Waals surface area contributed by atoms with Crippen molar-refractivity contribution in [1.29, 1.82) is 0 Å². The summed E-state index contributed by atoms with van der Waals surface area (Å²) in [4.78, 5) is 48.2. The summed E-state index contributed by atoms with van der Waals surface area (Å²) in [5, 5.41) is 4.24. The third kappa shape index (κ3) is 4.72. The maximum Gasteiger partial charge on any atom is 0.434 e. The SMILES string of the molecule is CO/C=C\C(=O)c1cc2cnc3/c(=N/C(=O)OCc4ccccc4)cc(NC(C)=O)c([nH]1)c23. The predicted octanol–water partition coefficient (Wildman–Crippen LogP) is 3.69. The zero-order chi connectivity index (χ0) is 23.4. The van der Waals surface area contributed by atoms with Gasteiger partial charge in [-0.3, -0.25) is 14.6 Å². The van der Waals surface area contributed by atoms with E-state index < -0.39 is 6.09 Å². The van der Waals surface area contributed by atoms with Crippen molar-refractivity contribution >= 4 is 45.3 Å². The number of H-pyrrole nitrogens is 1. The second-order valence-corrected chi connectivity index (χ2v) is 7.17. The zero-order valence-corrected chi connectivity index (χ0v) is 17.9. The molecule has 4 aromatic rings. The molecule has 0 aliphatic heterocycles. The van der Waals surface area contributed by atoms with Crippen LogP contribution in [0.4, 0.5) is 10.5 Å². The van der Waals surface area contributed by atoms with E-state index in [1.807, 2.05) is 30.3 Å². The number of ether oxygens (including phenoxy) is 2. The Bertz CT molecular complexity index is 1440. The van der Waals surface area contributed by atoms with Gasteiger partial charge in [-0.1, -0.05) is 30.3 Å². The van der Waals surface area contributed by atoms with Crippen molar-refractivity contribution in [3.05, 3.63) is 77.6 Å². The molecule has 0 atom stereocenters. The number of ketones is 1. The first-order valence-electron chi connectivity index (χ1n) is 10.0. The van der Waals surface area contributed by atoms with Gasteiger partial charge in [-0.05, 0) is 17.7 Å². The standard InChI is InChI=1S/C24H20N4O5/c1-14(29)26-19-11-18(28-24(31)33-13-15-6-4-3-5-7-15)22-21-16(12-25-22)10-17(27-23(19)21)20(30)8-9-32-2/h3-12,27H,13H2,1-2H3,(H,26,29)/b9-8-,28-18+. The molecule has 0 aliphatic rings. The molecule has 2 aromatic heterocycles. The number of hydrogen-bond donors (Lipinski definition) is 2. The molecule has 166 valence electrons. The van der Waals surface area contributed by atoms with Gasteiger partial charge in [0.25, 0.3) is 0 Å². The minimum absolute atomic E-state index is 0.0768. The Morgan fingerprint density at radius 2 is 1.97 bits per heavy atom. The number of nitrogens with zero attached hydrogens (tertiary/aromatic N) is 2. The minimum Gasteiger partial charge on any atom is -0.504 e. The third-order valence-electron chi connectivity index (χ3n) is 4.81. The van der Waals surface area contributed by atoms with E-state index in [0.29, 0.717) is 27.5 Å². The Labute approximate surface area is 188 Å². The van der Waals surface area contributed by atoms with Crippen molar-refractivity contribution in [2.24, 2.45) is 4.99 Å². The monoisotopic (exact) mass is 444 g/mol. The number of pyridine rings is 1. The van der Waals surface area contributed by atoms with Gasteiger partial charge >= 0.3 is 6.09 Å². The summed E-state index contributed by atoms with van der Waals surface area (Å²) in [6, 6.07) is 12.4. The zero-order valence-electron chi connectivity index (χ0n) is 17.9. The van der Waals surface area contributed by atoms with Crippen LogP contribution in [-0.4, -0.2) is 34.9 Å². The number of anilines is 1. The number of carbonyl (C=O) groups is 3. The van der Waals surface area contributed by atoms with Gasteiger partial charge in [-0.15, -0.1) is 0 Å². The molecule has 0 saturated carbocycles. The molecule has 2 amide bonds. The van der Waals surface area contributed by atoms with Crippen molar-refractivity contribution in [2.45, 2.75) is 13.5 Å². The number of aromatic nitrogens is 2. The summed E-state index contributed by atoms with van der Waals surface area (Å²) in [6.07, 6.45) is 3.35. The van der Waals surface area contributed by atoms with Crippen LogP contribution in [0.3, 0.4) is 0 Å². The smallest absolute Gasteiger partial charge is 0.434 e. The number of allylic oxidation sites excluding steroid dienone is 1. The summed E-state index contributed by atoms with van der Waals surface area (Å²) >= 11 is 0. The van der Waals surface area contributed by atoms with Crippen molar-refractivity contribution in [1.82, 2.24) is 9.97 Å². The molecule has 9 nitrogen and oxygen atoms in total. The highest BCUT2D eigenvalue weighted by molar-refractivity contribution is 6.16. The number of aromatic amines is 1. The first-order chi connectivity index (χ1) is 16.0. The van der Waals surface area contributed by atoms with Gasteiger partial charge in [0.1, 0.15) is 6.61 Å². The van der Waals surface area contributed by atoms with Gasteiger partial charge in [-0.25, -0.2) is 4.79 Å². The van der Waals surface area contributed by atoms with E-state index in [-0.39, 0.29) is 29.3 Å². The van der Waals surface area contributed by atoms with E-state index in [0.717, 1.165) is 5.56 Å². The minimum atomic E-state index is -0.785. The molecule has 0 saturated heterocycles. The summed E-state index contributed by atoms with van der Waals surface area (Å²) < 4.78 is 10.1. The van der Waals surface area contributed by atoms with Gasteiger partial charge in [0.05, 0.1) is 41.1 Å². The lowest BCUT2D eigenvalue weighted by Crippen LogP contribution is -2.14. The van der Waals surface area contributed by atoms with Crippen molar-refractivity contribution in [3.8, 4) is 0 Å². The van der Waals surface area contributed by atoms with Crippen LogP contribution >= 0.6 is 0 Å². The lowest BCUT2D eigenvalue weighted by atomic mass is 10.1. The molecule has 0 unspecified atom stereocenters. The van der Waals surface area contributed by atoms with Crippen LogP contribution in [0.25, 0.3) is 21.8 Å². The summed E-state index contributed by atoms with van der Waals surface area (Å²) in [7, 11) is 1.44. The highest BCUT2D eigenvalue weighted by Crippen LogP contribution is 2.29. The summed E-state index contributed by atoms with van der Waals surface area (Å²) in [5.74, 6) is -0.642. The van der Waals surface area contributed by atoms with Crippen LogP contribution in [0.15, 0.2) is 66.0 Å². The Morgan fingerprint density at radius 3 is 2.70 bits per heavy atom. The highest BCUT2D eigenvalue weighted by atomic mass is 16.5. The van der Waals surface area contributed by atoms with Gasteiger partial charge < -0.3 is 19.8 Å². The predicted molar refractivity (Wildman–Crippen MR) is 122 cm³/mol. The summed E-state index contributed by atoms with van der Waals surface area (Å²) in [6.45, 7) is 1.44. The first kappa shape index (κ1) is 21.7. The van der Waals surface area contributed by atoms with Gasteiger partial charge in [0, 0.05) is 30.0 Å². The van der Waals surface area contributed by atoms with Crippen molar-refractivity contribution in [3.63, 3.8) is 0 Å². The second-order valence-electron chi connectivity index (χ2n) is 7.17. The average Bonchev–Trinajstić information content (AvgIpc) is 3.24. The average molecular weight is 444 g/mol. The van der Waals surface area contributed by atoms with Crippen LogP contribution < -0.4 is 10.7 Å². The molecule has 0 spiro atoms. The van der Waals surface area contributed by atoms with Crippen LogP contribution in [0, 0.1) is 0 Å². The Morgan fingerprint density at radius 1 is 1.18 bits per heavy atom. The lowest BCUT2D eigenvalue weighted by molar-refractivity contribution is -0.114. The fourth-order valence-corrected chi connectivity index (χ4v) is 3.41. The number of carbonyl (C=O) groups excluding carboxylic acids is 3. The number of hydrogen-bond acceptors (Lipinski definition) is 6. The van der Waals surface area contributed by atoms with Gasteiger partial charge in [0.2, 0.25) is 11.7 Å². The highest BCUT2D eigenvalue weighted by Gasteiger charge is 2.17. The number of nitrogens with one attached hydrogen (secondary N) is 2. The van der Waals surface area contributed by atoms with E-state index in [4.69, 9.17) is 9.47 Å². The second kappa shape index (κ2) is 9.31. The van der Waals surface area contributed by atoms with Gasteiger partial charge in [-0.2, -0.15) is 4.99 Å². The lowest BCUT2D eigenvalue weighted by Gasteiger charge is -2.10. The van der Waals surface area contributed by atoms with Crippen LogP contribution in [0.1, 0.15) is 23.0 Å². The third-order valence-corrected chi connectivity index (χ3v) is 4.81. The normalized spacial score (nSPS) is 11.9. The van der Waals surface area contributed by atoms with E-state index >= 15 is 0 Å². The van der Waals surface area contributed by atoms with E-state index in [1.54, 1.807) is 12.3 Å². The molecule has 9 heteroatoms. The van der Waals surface area contributed by atoms with Crippen LogP contribution in [0.5, 0.6) is 0 Å². The van der Waals surface area contributed by atoms with E-state index in [1.165, 1.54) is 32.4 Å². The molecule has 0 aliphatic carbocycles. The largest absolute Gasteiger partial charge is 0.504 e. The number of rotatable bonds is 6. The molecule has 2 aromatic carbocycles. The van der Waals surface area contributed by atoms with Crippen LogP contribution in [-0.2, 0) is 20.9 Å². The molecule has 0 radical (unpaired) electrons. The molecule has 33 heavy (non-hydrogen) atoms. The quantitative estimate of drug-likeness (QED) is 0.266. The molecule has 2 heterocycles. The van der Waals surface area contributed by atoms with Crippen LogP contribution in [0.2, 0.25) is 0 Å². The van der Waals surface area contributed by atoms with Crippen molar-refractivity contribution < 1.29 is 23.9 Å². The van der Waals surface area contributed by atoms with Gasteiger partial charge in [0.15, 0.2) is 0 Å². The number of amides is 2. The topological polar surface area (TPSA) is 123 Å². The maximum atomic E-state index is 12.5.